The Morgan fingerprint density at radius 2 is 1.26 bits per heavy atom. The molecule has 0 aromatic heterocycles. The van der Waals surface area contributed by atoms with Crippen molar-refractivity contribution in [2.75, 3.05) is 0 Å². The van der Waals surface area contributed by atoms with Gasteiger partial charge in [-0.3, -0.25) is 9.59 Å². The van der Waals surface area contributed by atoms with Crippen molar-refractivity contribution in [2.45, 2.75) is 110 Å². The first-order valence-corrected chi connectivity index (χ1v) is 9.70. The molecule has 0 aromatic carbocycles. The van der Waals surface area contributed by atoms with Crippen molar-refractivity contribution in [3.05, 3.63) is 0 Å². The zero-order valence-corrected chi connectivity index (χ0v) is 15.4. The Hall–Kier alpha value is -1.06. The quantitative estimate of drug-likeness (QED) is 0.411. The van der Waals surface area contributed by atoms with Gasteiger partial charge in [0.25, 0.3) is 0 Å². The second kappa shape index (κ2) is 15.8. The average molecular weight is 327 g/mol. The summed E-state index contributed by atoms with van der Waals surface area (Å²) in [5, 5.41) is 2.74. The standard InChI is InChI=1S/C19H38N2O2/c1-3-5-6-7-8-9-10-11-12-13-14-16-18(22)21-17(15-4-2)19(20)23/h17H,3-16H2,1-2H3,(H2,20,23)(H,21,22). The van der Waals surface area contributed by atoms with Gasteiger partial charge in [-0.15, -0.1) is 0 Å². The number of carbonyl (C=O) groups excluding carboxylic acids is 2. The van der Waals surface area contributed by atoms with Crippen LogP contribution in [0.15, 0.2) is 0 Å². The molecule has 4 nitrogen and oxygen atoms in total. The highest BCUT2D eigenvalue weighted by molar-refractivity contribution is 5.86. The molecule has 0 fully saturated rings. The van der Waals surface area contributed by atoms with Gasteiger partial charge in [0.1, 0.15) is 6.04 Å². The number of nitrogens with one attached hydrogen (secondary N) is 1. The summed E-state index contributed by atoms with van der Waals surface area (Å²) in [5.74, 6) is -0.475. The average Bonchev–Trinajstić information content (AvgIpc) is 2.52. The monoisotopic (exact) mass is 326 g/mol. The van der Waals surface area contributed by atoms with Crippen LogP contribution in [0, 0.1) is 0 Å². The number of nitrogens with two attached hydrogens (primary N) is 1. The molecule has 4 heteroatoms. The third-order valence-corrected chi connectivity index (χ3v) is 4.26. The highest BCUT2D eigenvalue weighted by Crippen LogP contribution is 2.12. The highest BCUT2D eigenvalue weighted by Gasteiger charge is 2.16. The minimum atomic E-state index is -0.500. The van der Waals surface area contributed by atoms with E-state index < -0.39 is 11.9 Å². The van der Waals surface area contributed by atoms with Crippen LogP contribution in [0.5, 0.6) is 0 Å². The Bertz CT molecular complexity index is 306. The molecule has 0 spiro atoms. The van der Waals surface area contributed by atoms with Crippen molar-refractivity contribution in [1.29, 1.82) is 0 Å². The number of primary amides is 1. The Kier molecular flexibility index (Phi) is 15.1. The van der Waals surface area contributed by atoms with Crippen LogP contribution in [0.4, 0.5) is 0 Å². The van der Waals surface area contributed by atoms with E-state index in [1.54, 1.807) is 0 Å². The molecule has 0 rings (SSSR count). The van der Waals surface area contributed by atoms with Crippen molar-refractivity contribution < 1.29 is 9.59 Å². The summed E-state index contributed by atoms with van der Waals surface area (Å²) < 4.78 is 0. The van der Waals surface area contributed by atoms with Crippen molar-refractivity contribution in [3.8, 4) is 0 Å². The van der Waals surface area contributed by atoms with Crippen LogP contribution in [0.2, 0.25) is 0 Å². The third kappa shape index (κ3) is 14.3. The van der Waals surface area contributed by atoms with E-state index in [-0.39, 0.29) is 5.91 Å². The van der Waals surface area contributed by atoms with E-state index in [9.17, 15) is 9.59 Å². The van der Waals surface area contributed by atoms with Gasteiger partial charge in [-0.25, -0.2) is 0 Å². The molecule has 0 aliphatic heterocycles. The van der Waals surface area contributed by atoms with E-state index in [0.717, 1.165) is 19.3 Å². The van der Waals surface area contributed by atoms with Crippen LogP contribution in [-0.4, -0.2) is 17.9 Å². The van der Waals surface area contributed by atoms with Crippen LogP contribution >= 0.6 is 0 Å². The molecule has 0 radical (unpaired) electrons. The normalized spacial score (nSPS) is 12.1. The zero-order chi connectivity index (χ0) is 17.3. The molecule has 0 heterocycles. The number of hydrogen-bond donors (Lipinski definition) is 2. The van der Waals surface area contributed by atoms with E-state index >= 15 is 0 Å². The van der Waals surface area contributed by atoms with Crippen molar-refractivity contribution in [3.63, 3.8) is 0 Å². The number of unbranched alkanes of at least 4 members (excludes halogenated alkanes) is 10. The molecule has 2 amide bonds. The fourth-order valence-corrected chi connectivity index (χ4v) is 2.79. The summed E-state index contributed by atoms with van der Waals surface area (Å²) in [6.07, 6.45) is 15.9. The lowest BCUT2D eigenvalue weighted by molar-refractivity contribution is -0.127. The van der Waals surface area contributed by atoms with Crippen molar-refractivity contribution >= 4 is 11.8 Å². The maximum absolute atomic E-state index is 11.8. The van der Waals surface area contributed by atoms with Gasteiger partial charge >= 0.3 is 0 Å². The van der Waals surface area contributed by atoms with Crippen LogP contribution < -0.4 is 11.1 Å². The van der Waals surface area contributed by atoms with Crippen LogP contribution in [0.3, 0.4) is 0 Å². The van der Waals surface area contributed by atoms with E-state index in [0.29, 0.717) is 12.8 Å². The fourth-order valence-electron chi connectivity index (χ4n) is 2.79. The van der Waals surface area contributed by atoms with E-state index in [1.165, 1.54) is 57.8 Å². The number of hydrogen-bond acceptors (Lipinski definition) is 2. The van der Waals surface area contributed by atoms with Gasteiger partial charge in [-0.1, -0.05) is 84.5 Å². The smallest absolute Gasteiger partial charge is 0.239 e. The second-order valence-electron chi connectivity index (χ2n) is 6.60. The van der Waals surface area contributed by atoms with E-state index in [2.05, 4.69) is 12.2 Å². The van der Waals surface area contributed by atoms with Gasteiger partial charge in [-0.2, -0.15) is 0 Å². The predicted octanol–water partition coefficient (Wildman–Crippen LogP) is 4.46. The summed E-state index contributed by atoms with van der Waals surface area (Å²) in [5.41, 5.74) is 5.28. The van der Waals surface area contributed by atoms with Crippen LogP contribution in [0.25, 0.3) is 0 Å². The van der Waals surface area contributed by atoms with E-state index in [4.69, 9.17) is 5.73 Å². The largest absolute Gasteiger partial charge is 0.368 e. The summed E-state index contributed by atoms with van der Waals surface area (Å²) in [6.45, 7) is 4.23. The Balaban J connectivity index is 3.43. The summed E-state index contributed by atoms with van der Waals surface area (Å²) in [6, 6.07) is -0.500. The first kappa shape index (κ1) is 21.9. The molecule has 3 N–H and O–H groups in total. The van der Waals surface area contributed by atoms with Crippen molar-refractivity contribution in [1.82, 2.24) is 5.32 Å². The molecular weight excluding hydrogens is 288 g/mol. The molecule has 0 saturated heterocycles. The van der Waals surface area contributed by atoms with Gasteiger partial charge in [0.2, 0.25) is 11.8 Å². The summed E-state index contributed by atoms with van der Waals surface area (Å²) >= 11 is 0. The van der Waals surface area contributed by atoms with E-state index in [1.807, 2.05) is 6.92 Å². The number of carbonyl (C=O) groups is 2. The Morgan fingerprint density at radius 3 is 1.70 bits per heavy atom. The molecular formula is C19H38N2O2. The number of amides is 2. The highest BCUT2D eigenvalue weighted by atomic mass is 16.2. The molecule has 1 unspecified atom stereocenters. The minimum Gasteiger partial charge on any atom is -0.368 e. The Labute approximate surface area is 143 Å². The lowest BCUT2D eigenvalue weighted by Gasteiger charge is -2.14. The van der Waals surface area contributed by atoms with Gasteiger partial charge in [0.15, 0.2) is 0 Å². The summed E-state index contributed by atoms with van der Waals surface area (Å²) in [4.78, 5) is 23.0. The molecule has 0 aromatic rings. The van der Waals surface area contributed by atoms with Crippen LogP contribution in [-0.2, 0) is 9.59 Å². The SMILES string of the molecule is CCCCCCCCCCCCCC(=O)NC(CCC)C(N)=O. The predicted molar refractivity (Wildman–Crippen MR) is 97.1 cm³/mol. The molecule has 136 valence electrons. The molecule has 23 heavy (non-hydrogen) atoms. The van der Waals surface area contributed by atoms with Crippen molar-refractivity contribution in [2.24, 2.45) is 5.73 Å². The maximum Gasteiger partial charge on any atom is 0.239 e. The topological polar surface area (TPSA) is 72.2 Å². The minimum absolute atomic E-state index is 0.0434. The maximum atomic E-state index is 11.8. The second-order valence-corrected chi connectivity index (χ2v) is 6.60. The molecule has 0 bridgehead atoms. The van der Waals surface area contributed by atoms with Gasteiger partial charge in [0.05, 0.1) is 0 Å². The Morgan fingerprint density at radius 1 is 0.783 bits per heavy atom. The van der Waals surface area contributed by atoms with Gasteiger partial charge in [-0.05, 0) is 12.8 Å². The van der Waals surface area contributed by atoms with Gasteiger partial charge < -0.3 is 11.1 Å². The number of rotatable bonds is 16. The van der Waals surface area contributed by atoms with Crippen LogP contribution in [0.1, 0.15) is 104 Å². The fraction of sp³-hybridized carbons (Fsp3) is 0.895. The first-order valence-electron chi connectivity index (χ1n) is 9.70. The zero-order valence-electron chi connectivity index (χ0n) is 15.4. The van der Waals surface area contributed by atoms with Gasteiger partial charge in [0, 0.05) is 6.42 Å². The first-order chi connectivity index (χ1) is 11.1. The lowest BCUT2D eigenvalue weighted by atomic mass is 10.0. The summed E-state index contributed by atoms with van der Waals surface area (Å²) in [7, 11) is 0. The third-order valence-electron chi connectivity index (χ3n) is 4.26. The lowest BCUT2D eigenvalue weighted by Crippen LogP contribution is -2.44. The molecule has 0 aliphatic rings. The molecule has 0 aliphatic carbocycles. The molecule has 0 saturated carbocycles. The molecule has 1 atom stereocenters.